The number of benzene rings is 1. The first kappa shape index (κ1) is 13.9. The van der Waals surface area contributed by atoms with Gasteiger partial charge in [-0.25, -0.2) is 4.39 Å². The van der Waals surface area contributed by atoms with E-state index in [1.165, 1.54) is 12.1 Å². The Labute approximate surface area is 121 Å². The van der Waals surface area contributed by atoms with Crippen LogP contribution in [-0.4, -0.2) is 24.0 Å². The summed E-state index contributed by atoms with van der Waals surface area (Å²) >= 11 is 0. The predicted molar refractivity (Wildman–Crippen MR) is 74.8 cm³/mol. The zero-order valence-electron chi connectivity index (χ0n) is 11.8. The Morgan fingerprint density at radius 1 is 1.29 bits per heavy atom. The normalized spacial score (nSPS) is 18.5. The van der Waals surface area contributed by atoms with Crippen molar-refractivity contribution in [3.05, 3.63) is 29.1 Å². The molecule has 1 aliphatic carbocycles. The van der Waals surface area contributed by atoms with Crippen molar-refractivity contribution < 1.29 is 18.8 Å². The third-order valence-electron chi connectivity index (χ3n) is 4.29. The molecule has 1 fully saturated rings. The topological polar surface area (TPSA) is 54.5 Å². The first-order chi connectivity index (χ1) is 9.99. The van der Waals surface area contributed by atoms with Crippen molar-refractivity contribution in [1.82, 2.24) is 0 Å². The van der Waals surface area contributed by atoms with Gasteiger partial charge in [0.05, 0.1) is 17.8 Å². The number of nitrogens with zero attached hydrogens (tertiary/aromatic N) is 1. The van der Waals surface area contributed by atoms with E-state index in [-0.39, 0.29) is 29.5 Å². The summed E-state index contributed by atoms with van der Waals surface area (Å²) in [5, 5.41) is 0. The number of Topliss-reactive ketones (excluding diaryl/α,β-unsaturated/α-hetero) is 2. The Hall–Kier alpha value is -2.04. The van der Waals surface area contributed by atoms with E-state index in [4.69, 9.17) is 0 Å². The van der Waals surface area contributed by atoms with Crippen LogP contribution >= 0.6 is 0 Å². The van der Waals surface area contributed by atoms with Crippen LogP contribution in [0.25, 0.3) is 0 Å². The van der Waals surface area contributed by atoms with Crippen molar-refractivity contribution in [3.63, 3.8) is 0 Å². The van der Waals surface area contributed by atoms with Gasteiger partial charge in [-0.3, -0.25) is 19.3 Å². The van der Waals surface area contributed by atoms with Crippen molar-refractivity contribution >= 4 is 23.2 Å². The Balaban J connectivity index is 1.92. The van der Waals surface area contributed by atoms with Gasteiger partial charge in [0, 0.05) is 5.92 Å². The fraction of sp³-hybridized carbons (Fsp3) is 0.438. The van der Waals surface area contributed by atoms with Crippen LogP contribution in [0, 0.1) is 18.7 Å². The average Bonchev–Trinajstić information content (AvgIpc) is 3.03. The zero-order valence-corrected chi connectivity index (χ0v) is 11.8. The molecule has 0 aromatic heterocycles. The molecule has 1 aliphatic heterocycles. The molecule has 0 bridgehead atoms. The molecule has 0 radical (unpaired) electrons. The maximum atomic E-state index is 14.1. The second-order valence-corrected chi connectivity index (χ2v) is 5.81. The van der Waals surface area contributed by atoms with Crippen LogP contribution in [0.1, 0.15) is 41.6 Å². The number of halogens is 1. The lowest BCUT2D eigenvalue weighted by Gasteiger charge is -2.18. The molecule has 0 N–H and O–H groups in total. The van der Waals surface area contributed by atoms with Crippen molar-refractivity contribution in [2.24, 2.45) is 5.92 Å². The van der Waals surface area contributed by atoms with Gasteiger partial charge in [0.2, 0.25) is 0 Å². The zero-order chi connectivity index (χ0) is 15.1. The number of hydrogen-bond acceptors (Lipinski definition) is 3. The van der Waals surface area contributed by atoms with Gasteiger partial charge in [-0.05, 0) is 37.5 Å². The highest BCUT2D eigenvalue weighted by Crippen LogP contribution is 2.34. The molecule has 4 nitrogen and oxygen atoms in total. The summed E-state index contributed by atoms with van der Waals surface area (Å²) in [5.74, 6) is -2.30. The van der Waals surface area contributed by atoms with Gasteiger partial charge in [0.1, 0.15) is 5.82 Å². The minimum Gasteiger partial charge on any atom is -0.297 e. The fourth-order valence-electron chi connectivity index (χ4n) is 3.20. The van der Waals surface area contributed by atoms with Gasteiger partial charge in [0.25, 0.3) is 11.7 Å². The van der Waals surface area contributed by atoms with Crippen LogP contribution in [0.2, 0.25) is 0 Å². The van der Waals surface area contributed by atoms with E-state index in [1.54, 1.807) is 6.92 Å². The summed E-state index contributed by atoms with van der Waals surface area (Å²) < 4.78 is 14.1. The maximum absolute atomic E-state index is 14.1. The van der Waals surface area contributed by atoms with Gasteiger partial charge in [-0.2, -0.15) is 0 Å². The number of carbonyl (C=O) groups is 3. The molecular formula is C16H16FNO3. The molecule has 0 spiro atoms. The molecule has 0 atom stereocenters. The quantitative estimate of drug-likeness (QED) is 0.803. The van der Waals surface area contributed by atoms with Crippen LogP contribution < -0.4 is 4.90 Å². The molecule has 5 heteroatoms. The fourth-order valence-corrected chi connectivity index (χ4v) is 3.20. The SMILES string of the molecule is Cc1cc(F)c2c(c1)C(=O)C(=O)N2CC(=O)C1CCCC1. The molecule has 1 heterocycles. The van der Waals surface area contributed by atoms with Crippen LogP contribution in [0.15, 0.2) is 12.1 Å². The number of aryl methyl sites for hydroxylation is 1. The number of carbonyl (C=O) groups excluding carboxylic acids is 3. The highest BCUT2D eigenvalue weighted by atomic mass is 19.1. The Morgan fingerprint density at radius 3 is 2.62 bits per heavy atom. The van der Waals surface area contributed by atoms with E-state index in [9.17, 15) is 18.8 Å². The van der Waals surface area contributed by atoms with Crippen molar-refractivity contribution in [2.45, 2.75) is 32.6 Å². The molecule has 1 saturated carbocycles. The van der Waals surface area contributed by atoms with Gasteiger partial charge < -0.3 is 0 Å². The third-order valence-corrected chi connectivity index (χ3v) is 4.29. The smallest absolute Gasteiger partial charge is 0.297 e. The molecule has 0 saturated heterocycles. The number of ketones is 2. The monoisotopic (exact) mass is 289 g/mol. The second kappa shape index (κ2) is 5.06. The number of amides is 1. The molecule has 21 heavy (non-hydrogen) atoms. The minimum atomic E-state index is -0.805. The summed E-state index contributed by atoms with van der Waals surface area (Å²) in [6, 6.07) is 2.77. The summed E-state index contributed by atoms with van der Waals surface area (Å²) in [7, 11) is 0. The Morgan fingerprint density at radius 2 is 1.95 bits per heavy atom. The van der Waals surface area contributed by atoms with E-state index in [0.29, 0.717) is 5.56 Å². The molecule has 2 aliphatic rings. The van der Waals surface area contributed by atoms with Crippen molar-refractivity contribution in [1.29, 1.82) is 0 Å². The van der Waals surface area contributed by atoms with Crippen LogP contribution in [0.4, 0.5) is 10.1 Å². The highest BCUT2D eigenvalue weighted by Gasteiger charge is 2.40. The van der Waals surface area contributed by atoms with E-state index >= 15 is 0 Å². The molecule has 1 aromatic carbocycles. The molecule has 110 valence electrons. The lowest BCUT2D eigenvalue weighted by molar-refractivity contribution is -0.123. The van der Waals surface area contributed by atoms with Gasteiger partial charge in [-0.1, -0.05) is 12.8 Å². The van der Waals surface area contributed by atoms with Crippen LogP contribution in [0.3, 0.4) is 0 Å². The standard InChI is InChI=1S/C16H16FNO3/c1-9-6-11-14(12(17)7-9)18(16(21)15(11)20)8-13(19)10-4-2-3-5-10/h6-7,10H,2-5,8H2,1H3. The predicted octanol–water partition coefficient (Wildman–Crippen LogP) is 2.42. The number of anilines is 1. The van der Waals surface area contributed by atoms with E-state index in [1.807, 2.05) is 0 Å². The van der Waals surface area contributed by atoms with Crippen LogP contribution in [0.5, 0.6) is 0 Å². The molecular weight excluding hydrogens is 273 g/mol. The summed E-state index contributed by atoms with van der Waals surface area (Å²) in [6.45, 7) is 1.45. The van der Waals surface area contributed by atoms with Gasteiger partial charge in [0.15, 0.2) is 5.78 Å². The van der Waals surface area contributed by atoms with E-state index in [2.05, 4.69) is 0 Å². The Kier molecular flexibility index (Phi) is 3.35. The average molecular weight is 289 g/mol. The highest BCUT2D eigenvalue weighted by molar-refractivity contribution is 6.52. The maximum Gasteiger partial charge on any atom is 0.299 e. The lowest BCUT2D eigenvalue weighted by atomic mass is 10.0. The molecule has 1 amide bonds. The summed E-state index contributed by atoms with van der Waals surface area (Å²) in [6.07, 6.45) is 3.65. The number of fused-ring (bicyclic) bond motifs is 1. The van der Waals surface area contributed by atoms with Crippen molar-refractivity contribution in [2.75, 3.05) is 11.4 Å². The Bertz CT molecular complexity index is 647. The number of hydrogen-bond donors (Lipinski definition) is 0. The number of rotatable bonds is 3. The molecule has 0 unspecified atom stereocenters. The lowest BCUT2D eigenvalue weighted by Crippen LogP contribution is -2.37. The van der Waals surface area contributed by atoms with Crippen molar-refractivity contribution in [3.8, 4) is 0 Å². The first-order valence-electron chi connectivity index (χ1n) is 7.18. The van der Waals surface area contributed by atoms with Gasteiger partial charge in [-0.15, -0.1) is 0 Å². The second-order valence-electron chi connectivity index (χ2n) is 5.81. The molecule has 1 aromatic rings. The molecule has 3 rings (SSSR count). The summed E-state index contributed by atoms with van der Waals surface area (Å²) in [4.78, 5) is 37.2. The largest absolute Gasteiger partial charge is 0.299 e. The van der Waals surface area contributed by atoms with Gasteiger partial charge >= 0.3 is 0 Å². The first-order valence-corrected chi connectivity index (χ1v) is 7.18. The van der Waals surface area contributed by atoms with E-state index < -0.39 is 17.5 Å². The minimum absolute atomic E-state index is 0.0399. The summed E-state index contributed by atoms with van der Waals surface area (Å²) in [5.41, 5.74) is 0.607. The third kappa shape index (κ3) is 2.26. The van der Waals surface area contributed by atoms with Crippen LogP contribution in [-0.2, 0) is 9.59 Å². The van der Waals surface area contributed by atoms with E-state index in [0.717, 1.165) is 30.6 Å².